The minimum atomic E-state index is -0.838. The van der Waals surface area contributed by atoms with Crippen LogP contribution in [0.3, 0.4) is 0 Å². The van der Waals surface area contributed by atoms with Crippen molar-refractivity contribution < 1.29 is 25.2 Å². The molecule has 0 bridgehead atoms. The van der Waals surface area contributed by atoms with Gasteiger partial charge >= 0.3 is 0 Å². The first-order valence-corrected chi connectivity index (χ1v) is 28.6. The molecule has 6 aromatic carbocycles. The van der Waals surface area contributed by atoms with Crippen LogP contribution in [0, 0.1) is 0 Å². The van der Waals surface area contributed by atoms with E-state index < -0.39 is 38.9 Å². The van der Waals surface area contributed by atoms with Crippen LogP contribution in [0.4, 0.5) is 0 Å². The molecule has 0 fully saturated rings. The van der Waals surface area contributed by atoms with Crippen molar-refractivity contribution in [3.05, 3.63) is 174 Å². The van der Waals surface area contributed by atoms with Crippen LogP contribution in [-0.2, 0) is 48.7 Å². The van der Waals surface area contributed by atoms with Crippen molar-refractivity contribution in [2.75, 3.05) is 0 Å². The van der Waals surface area contributed by atoms with Gasteiger partial charge in [0.2, 0.25) is 0 Å². The van der Waals surface area contributed by atoms with Crippen molar-refractivity contribution in [3.8, 4) is 34.5 Å². The van der Waals surface area contributed by atoms with Crippen LogP contribution in [0.25, 0.3) is 0 Å². The van der Waals surface area contributed by atoms with Crippen molar-refractivity contribution in [1.82, 2.24) is 0 Å². The monoisotopic (exact) mass is 1050 g/mol. The van der Waals surface area contributed by atoms with Gasteiger partial charge in [0, 0.05) is 50.6 Å². The third kappa shape index (κ3) is 11.1. The molecule has 5 nitrogen and oxygen atoms in total. The SMILES string of the molecule is CC(C)(C)c1cc(C(c2cc(C(C)(C)C)cc(C(C)(C)C)c2O)c2cccc3c2C(C)(C)c2c(cccc2C(c2cc(C(C)(C)C)cc(C(C)(C)C)c2O)c2cc(C(C)(C)C)cc(C(C)(C)C)c2O)O3)c(O)c(C(C)(C)C)c1. The van der Waals surface area contributed by atoms with Crippen LogP contribution < -0.4 is 4.74 Å². The molecule has 0 atom stereocenters. The molecule has 0 amide bonds. The maximum Gasteiger partial charge on any atom is 0.131 e. The van der Waals surface area contributed by atoms with Crippen LogP contribution in [-0.4, -0.2) is 20.4 Å². The first kappa shape index (κ1) is 60.0. The van der Waals surface area contributed by atoms with E-state index in [-0.39, 0.29) is 44.7 Å². The fourth-order valence-corrected chi connectivity index (χ4v) is 11.9. The molecular formula is C73H98O5. The molecule has 0 saturated heterocycles. The van der Waals surface area contributed by atoms with E-state index in [0.29, 0.717) is 33.8 Å². The number of aromatic hydroxyl groups is 4. The zero-order valence-electron chi connectivity index (χ0n) is 52.9. The average molecular weight is 1060 g/mol. The highest BCUT2D eigenvalue weighted by molar-refractivity contribution is 5.71. The van der Waals surface area contributed by atoms with Gasteiger partial charge in [-0.25, -0.2) is 0 Å². The highest BCUT2D eigenvalue weighted by Gasteiger charge is 2.45. The lowest BCUT2D eigenvalue weighted by Gasteiger charge is -2.41. The predicted octanol–water partition coefficient (Wildman–Crippen LogP) is 19.7. The Kier molecular flexibility index (Phi) is 14.8. The van der Waals surface area contributed by atoms with E-state index in [1.807, 2.05) is 24.3 Å². The summed E-state index contributed by atoms with van der Waals surface area (Å²) >= 11 is 0. The van der Waals surface area contributed by atoms with Gasteiger partial charge in [0.15, 0.2) is 0 Å². The standard InChI is InChI=1S/C73H98O5/c1-65(2,3)41-33-47(61(74)51(37-41)69(13,14)15)57(48-34-42(66(4,5)6)38-52(62(48)75)70(16,17)18)45-29-27-31-55-59(45)73(25,26)60-46(30-28-32-56(60)78-55)58(49-35-43(67(7,8)9)39-53(63(49)76)71(19,20)21)50-36-44(68(10,11)12)40-54(64(50)77)72(22,23)24/h27-40,57-58,74-77H,1-26H3. The number of hydrogen-bond donors (Lipinski definition) is 4. The molecular weight excluding hydrogens is 957 g/mol. The van der Waals surface area contributed by atoms with Crippen molar-refractivity contribution in [3.63, 3.8) is 0 Å². The highest BCUT2D eigenvalue weighted by Crippen LogP contribution is 2.59. The number of benzene rings is 6. The Hall–Kier alpha value is -5.68. The average Bonchev–Trinajstić information content (AvgIpc) is 3.32. The normalized spacial score (nSPS) is 14.7. The lowest BCUT2D eigenvalue weighted by Crippen LogP contribution is -2.30. The molecule has 0 aromatic heterocycles. The van der Waals surface area contributed by atoms with Crippen LogP contribution in [0.15, 0.2) is 84.9 Å². The topological polar surface area (TPSA) is 90.2 Å². The first-order valence-electron chi connectivity index (χ1n) is 28.6. The second-order valence-corrected chi connectivity index (χ2v) is 31.9. The number of rotatable bonds is 6. The number of ether oxygens (including phenoxy) is 1. The van der Waals surface area contributed by atoms with Gasteiger partial charge in [-0.05, 0) is 111 Å². The lowest BCUT2D eigenvalue weighted by atomic mass is 9.65. The maximum absolute atomic E-state index is 13.1. The van der Waals surface area contributed by atoms with Gasteiger partial charge in [0.25, 0.3) is 0 Å². The molecule has 5 heteroatoms. The van der Waals surface area contributed by atoms with Crippen LogP contribution in [0.5, 0.6) is 34.5 Å². The number of phenols is 4. The van der Waals surface area contributed by atoms with Gasteiger partial charge in [-0.2, -0.15) is 0 Å². The molecule has 0 aliphatic carbocycles. The minimum absolute atomic E-state index is 0.208. The number of phenolic OH excluding ortho intramolecular Hbond substituents is 4. The predicted molar refractivity (Wildman–Crippen MR) is 329 cm³/mol. The van der Waals surface area contributed by atoms with E-state index in [4.69, 9.17) is 4.74 Å². The summed E-state index contributed by atoms with van der Waals surface area (Å²) in [6.45, 7) is 57.0. The largest absolute Gasteiger partial charge is 0.507 e. The van der Waals surface area contributed by atoms with E-state index in [0.717, 1.165) is 66.8 Å². The Bertz CT molecular complexity index is 2900. The molecule has 1 aliphatic heterocycles. The summed E-state index contributed by atoms with van der Waals surface area (Å²) in [4.78, 5) is 0. The summed E-state index contributed by atoms with van der Waals surface area (Å²) in [6, 6.07) is 29.9. The van der Waals surface area contributed by atoms with Gasteiger partial charge in [-0.3, -0.25) is 0 Å². The Morgan fingerprint density at radius 1 is 0.308 bits per heavy atom. The van der Waals surface area contributed by atoms with Crippen LogP contribution >= 0.6 is 0 Å². The van der Waals surface area contributed by atoms with Gasteiger partial charge in [-0.15, -0.1) is 0 Å². The van der Waals surface area contributed by atoms with E-state index in [9.17, 15) is 20.4 Å². The number of hydrogen-bond acceptors (Lipinski definition) is 5. The molecule has 1 aliphatic rings. The molecule has 0 spiro atoms. The van der Waals surface area contributed by atoms with Gasteiger partial charge < -0.3 is 25.2 Å². The molecule has 1 heterocycles. The van der Waals surface area contributed by atoms with E-state index in [1.54, 1.807) is 0 Å². The Labute approximate surface area is 472 Å². The molecule has 4 N–H and O–H groups in total. The fourth-order valence-electron chi connectivity index (χ4n) is 11.9. The minimum Gasteiger partial charge on any atom is -0.507 e. The Morgan fingerprint density at radius 2 is 0.526 bits per heavy atom. The molecule has 0 radical (unpaired) electrons. The van der Waals surface area contributed by atoms with Crippen molar-refractivity contribution in [2.45, 2.75) is 241 Å². The zero-order chi connectivity index (χ0) is 59.0. The molecule has 0 saturated carbocycles. The van der Waals surface area contributed by atoms with E-state index in [1.165, 1.54) is 0 Å². The molecule has 6 aromatic rings. The zero-order valence-corrected chi connectivity index (χ0v) is 52.9. The summed E-state index contributed by atoms with van der Waals surface area (Å²) in [6.07, 6.45) is 0. The Balaban J connectivity index is 1.70. The van der Waals surface area contributed by atoms with Crippen molar-refractivity contribution in [2.24, 2.45) is 0 Å². The Morgan fingerprint density at radius 3 is 0.718 bits per heavy atom. The molecule has 420 valence electrons. The van der Waals surface area contributed by atoms with Crippen molar-refractivity contribution in [1.29, 1.82) is 0 Å². The number of fused-ring (bicyclic) bond motifs is 2. The van der Waals surface area contributed by atoms with Gasteiger partial charge in [0.1, 0.15) is 34.5 Å². The molecule has 0 unspecified atom stereocenters. The summed E-state index contributed by atoms with van der Waals surface area (Å²) in [5, 5.41) is 52.5. The van der Waals surface area contributed by atoms with Crippen molar-refractivity contribution >= 4 is 0 Å². The first-order chi connectivity index (χ1) is 35.2. The third-order valence-corrected chi connectivity index (χ3v) is 16.7. The summed E-state index contributed by atoms with van der Waals surface area (Å²) in [5.41, 5.74) is 10.5. The van der Waals surface area contributed by atoms with E-state index in [2.05, 4.69) is 241 Å². The van der Waals surface area contributed by atoms with Gasteiger partial charge in [-0.1, -0.05) is 253 Å². The quantitative estimate of drug-likeness (QED) is 0.125. The third-order valence-electron chi connectivity index (χ3n) is 16.7. The summed E-state index contributed by atoms with van der Waals surface area (Å²) in [5.74, 6) is 0.853. The van der Waals surface area contributed by atoms with Crippen LogP contribution in [0.2, 0.25) is 0 Å². The lowest BCUT2D eigenvalue weighted by molar-refractivity contribution is 0.407. The van der Waals surface area contributed by atoms with E-state index >= 15 is 0 Å². The fraction of sp³-hybridized carbons (Fsp3) is 0.507. The molecule has 78 heavy (non-hydrogen) atoms. The van der Waals surface area contributed by atoms with Crippen LogP contribution in [0.1, 0.15) is 281 Å². The summed E-state index contributed by atoms with van der Waals surface area (Å²) in [7, 11) is 0. The maximum atomic E-state index is 13.1. The highest BCUT2D eigenvalue weighted by atomic mass is 16.5. The second kappa shape index (κ2) is 19.3. The second-order valence-electron chi connectivity index (χ2n) is 31.9. The smallest absolute Gasteiger partial charge is 0.131 e. The van der Waals surface area contributed by atoms with Gasteiger partial charge in [0.05, 0.1) is 0 Å². The molecule has 7 rings (SSSR count). The summed E-state index contributed by atoms with van der Waals surface area (Å²) < 4.78 is 7.33.